The quantitative estimate of drug-likeness (QED) is 0.918. The minimum atomic E-state index is 0.137. The van der Waals surface area contributed by atoms with E-state index in [0.717, 1.165) is 42.1 Å². The summed E-state index contributed by atoms with van der Waals surface area (Å²) in [5.41, 5.74) is 2.13. The summed E-state index contributed by atoms with van der Waals surface area (Å²) in [5, 5.41) is 3.06. The molecule has 2 heterocycles. The molecule has 1 atom stereocenters. The van der Waals surface area contributed by atoms with E-state index in [1.165, 1.54) is 0 Å². The fourth-order valence-electron chi connectivity index (χ4n) is 3.26. The highest BCUT2D eigenvalue weighted by Crippen LogP contribution is 2.33. The maximum absolute atomic E-state index is 12.8. The summed E-state index contributed by atoms with van der Waals surface area (Å²) >= 11 is 0. The van der Waals surface area contributed by atoms with Crippen LogP contribution in [0.5, 0.6) is 5.75 Å². The second-order valence-corrected chi connectivity index (χ2v) is 6.00. The molecular formula is C19H23N3O2. The average molecular weight is 325 g/mol. The third-order valence-electron chi connectivity index (χ3n) is 4.49. The molecule has 1 aliphatic rings. The number of pyridine rings is 1. The third-order valence-corrected chi connectivity index (χ3v) is 4.49. The van der Waals surface area contributed by atoms with Crippen LogP contribution in [-0.4, -0.2) is 36.5 Å². The average Bonchev–Trinajstić information content (AvgIpc) is 3.12. The van der Waals surface area contributed by atoms with Gasteiger partial charge in [0.1, 0.15) is 11.6 Å². The first-order chi connectivity index (χ1) is 11.7. The van der Waals surface area contributed by atoms with Crippen LogP contribution in [0.25, 0.3) is 0 Å². The van der Waals surface area contributed by atoms with Crippen molar-refractivity contribution in [2.45, 2.75) is 25.3 Å². The number of aromatic nitrogens is 1. The molecule has 0 bridgehead atoms. The molecule has 24 heavy (non-hydrogen) atoms. The second kappa shape index (κ2) is 7.34. The molecule has 1 fully saturated rings. The van der Waals surface area contributed by atoms with Gasteiger partial charge in [-0.25, -0.2) is 4.98 Å². The van der Waals surface area contributed by atoms with E-state index in [-0.39, 0.29) is 11.9 Å². The zero-order valence-corrected chi connectivity index (χ0v) is 14.2. The van der Waals surface area contributed by atoms with E-state index < -0.39 is 0 Å². The first-order valence-electron chi connectivity index (χ1n) is 8.27. The zero-order chi connectivity index (χ0) is 16.9. The molecule has 0 unspecified atom stereocenters. The maximum Gasteiger partial charge on any atom is 0.227 e. The highest BCUT2D eigenvalue weighted by molar-refractivity contribution is 5.79. The van der Waals surface area contributed by atoms with Crippen LogP contribution in [0.4, 0.5) is 5.82 Å². The van der Waals surface area contributed by atoms with Crippen LogP contribution in [0.2, 0.25) is 0 Å². The Kier molecular flexibility index (Phi) is 4.99. The summed E-state index contributed by atoms with van der Waals surface area (Å²) in [6, 6.07) is 11.9. The number of anilines is 1. The zero-order valence-electron chi connectivity index (χ0n) is 14.2. The number of nitrogens with one attached hydrogen (secondary N) is 1. The van der Waals surface area contributed by atoms with E-state index >= 15 is 0 Å². The number of nitrogens with zero attached hydrogens (tertiary/aromatic N) is 2. The Morgan fingerprint density at radius 3 is 3.04 bits per heavy atom. The van der Waals surface area contributed by atoms with Crippen LogP contribution in [0.1, 0.15) is 30.0 Å². The predicted octanol–water partition coefficient (Wildman–Crippen LogP) is 3.04. The van der Waals surface area contributed by atoms with Crippen LogP contribution in [0.3, 0.4) is 0 Å². The van der Waals surface area contributed by atoms with Gasteiger partial charge in [-0.05, 0) is 48.2 Å². The number of carbonyl (C=O) groups is 1. The molecule has 1 N–H and O–H groups in total. The fourth-order valence-corrected chi connectivity index (χ4v) is 3.26. The van der Waals surface area contributed by atoms with Gasteiger partial charge in [0.15, 0.2) is 0 Å². The van der Waals surface area contributed by atoms with Gasteiger partial charge in [-0.3, -0.25) is 4.79 Å². The molecule has 1 aromatic heterocycles. The van der Waals surface area contributed by atoms with Gasteiger partial charge in [-0.1, -0.05) is 12.1 Å². The van der Waals surface area contributed by atoms with Crippen molar-refractivity contribution in [3.8, 4) is 5.75 Å². The first kappa shape index (κ1) is 16.3. The fraction of sp³-hybridized carbons (Fsp3) is 0.368. The van der Waals surface area contributed by atoms with Crippen LogP contribution in [0.15, 0.2) is 42.6 Å². The van der Waals surface area contributed by atoms with Gasteiger partial charge in [-0.2, -0.15) is 0 Å². The van der Waals surface area contributed by atoms with Crippen molar-refractivity contribution in [1.29, 1.82) is 0 Å². The van der Waals surface area contributed by atoms with Crippen molar-refractivity contribution >= 4 is 11.7 Å². The molecule has 0 spiro atoms. The Balaban J connectivity index is 1.75. The monoisotopic (exact) mass is 325 g/mol. The van der Waals surface area contributed by atoms with Gasteiger partial charge in [0, 0.05) is 19.8 Å². The lowest BCUT2D eigenvalue weighted by atomic mass is 10.0. The molecule has 1 saturated heterocycles. The lowest BCUT2D eigenvalue weighted by Gasteiger charge is -2.25. The van der Waals surface area contributed by atoms with Crippen molar-refractivity contribution in [3.05, 3.63) is 53.7 Å². The van der Waals surface area contributed by atoms with Gasteiger partial charge in [0.2, 0.25) is 5.91 Å². The Morgan fingerprint density at radius 1 is 1.38 bits per heavy atom. The summed E-state index contributed by atoms with van der Waals surface area (Å²) in [6.45, 7) is 0.810. The highest BCUT2D eigenvalue weighted by Gasteiger charge is 2.30. The predicted molar refractivity (Wildman–Crippen MR) is 94.2 cm³/mol. The third kappa shape index (κ3) is 3.50. The van der Waals surface area contributed by atoms with E-state index in [2.05, 4.69) is 10.3 Å². The van der Waals surface area contributed by atoms with E-state index in [1.54, 1.807) is 13.3 Å². The van der Waals surface area contributed by atoms with Gasteiger partial charge < -0.3 is 15.0 Å². The molecule has 0 aliphatic carbocycles. The SMILES string of the molecule is CNc1cc([C@H]2CCCN2C(=O)Cc2cccc(OC)c2)ccn1. The molecule has 0 radical (unpaired) electrons. The number of carbonyl (C=O) groups excluding carboxylic acids is 1. The molecule has 3 rings (SSSR count). The second-order valence-electron chi connectivity index (χ2n) is 6.00. The maximum atomic E-state index is 12.8. The number of ether oxygens (including phenoxy) is 1. The summed E-state index contributed by atoms with van der Waals surface area (Å²) in [5.74, 6) is 1.78. The van der Waals surface area contributed by atoms with Crippen LogP contribution < -0.4 is 10.1 Å². The van der Waals surface area contributed by atoms with E-state index in [9.17, 15) is 4.79 Å². The number of hydrogen-bond acceptors (Lipinski definition) is 4. The van der Waals surface area contributed by atoms with E-state index in [1.807, 2.05) is 48.3 Å². The Bertz CT molecular complexity index is 717. The molecular weight excluding hydrogens is 302 g/mol. The standard InChI is InChI=1S/C19H23N3O2/c1-20-18-13-15(8-9-21-18)17-7-4-10-22(17)19(23)12-14-5-3-6-16(11-14)24-2/h3,5-6,8-9,11,13,17H,4,7,10,12H2,1-2H3,(H,20,21)/t17-/m1/s1. The summed E-state index contributed by atoms with van der Waals surface area (Å²) in [4.78, 5) is 19.1. The number of hydrogen-bond donors (Lipinski definition) is 1. The van der Waals surface area contributed by atoms with Crippen LogP contribution in [-0.2, 0) is 11.2 Å². The summed E-state index contributed by atoms with van der Waals surface area (Å²) in [6.07, 6.45) is 4.23. The first-order valence-corrected chi connectivity index (χ1v) is 8.27. The van der Waals surface area contributed by atoms with Crippen molar-refractivity contribution in [3.63, 3.8) is 0 Å². The molecule has 5 nitrogen and oxygen atoms in total. The molecule has 0 saturated carbocycles. The molecule has 1 aromatic carbocycles. The molecule has 126 valence electrons. The Hall–Kier alpha value is -2.56. The lowest BCUT2D eigenvalue weighted by molar-refractivity contribution is -0.131. The lowest BCUT2D eigenvalue weighted by Crippen LogP contribution is -2.31. The minimum absolute atomic E-state index is 0.137. The van der Waals surface area contributed by atoms with Crippen LogP contribution in [0, 0.1) is 0 Å². The van der Waals surface area contributed by atoms with Crippen LogP contribution >= 0.6 is 0 Å². The molecule has 1 amide bonds. The summed E-state index contributed by atoms with van der Waals surface area (Å²) < 4.78 is 5.24. The van der Waals surface area contributed by atoms with Crippen molar-refractivity contribution in [2.75, 3.05) is 26.0 Å². The van der Waals surface area contributed by atoms with Gasteiger partial charge in [0.25, 0.3) is 0 Å². The summed E-state index contributed by atoms with van der Waals surface area (Å²) in [7, 11) is 3.49. The highest BCUT2D eigenvalue weighted by atomic mass is 16.5. The number of benzene rings is 1. The van der Waals surface area contributed by atoms with Crippen molar-refractivity contribution in [2.24, 2.45) is 0 Å². The number of amides is 1. The normalized spacial score (nSPS) is 16.9. The molecule has 1 aliphatic heterocycles. The van der Waals surface area contributed by atoms with Gasteiger partial charge >= 0.3 is 0 Å². The van der Waals surface area contributed by atoms with Gasteiger partial charge in [0.05, 0.1) is 19.6 Å². The Labute approximate surface area is 142 Å². The number of likely N-dealkylation sites (tertiary alicyclic amines) is 1. The molecule has 2 aromatic rings. The number of rotatable bonds is 5. The van der Waals surface area contributed by atoms with Crippen molar-refractivity contribution in [1.82, 2.24) is 9.88 Å². The van der Waals surface area contributed by atoms with Crippen molar-refractivity contribution < 1.29 is 9.53 Å². The van der Waals surface area contributed by atoms with Gasteiger partial charge in [-0.15, -0.1) is 0 Å². The smallest absolute Gasteiger partial charge is 0.227 e. The minimum Gasteiger partial charge on any atom is -0.497 e. The topological polar surface area (TPSA) is 54.5 Å². The van der Waals surface area contributed by atoms with E-state index in [0.29, 0.717) is 6.42 Å². The Morgan fingerprint density at radius 2 is 2.25 bits per heavy atom. The molecule has 5 heteroatoms. The largest absolute Gasteiger partial charge is 0.497 e. The van der Waals surface area contributed by atoms with E-state index in [4.69, 9.17) is 4.74 Å². The number of methoxy groups -OCH3 is 1.